The minimum absolute atomic E-state index is 0.111. The molecule has 0 spiro atoms. The van der Waals surface area contributed by atoms with Gasteiger partial charge in [0.05, 0.1) is 6.54 Å². The molecule has 1 rings (SSSR count). The van der Waals surface area contributed by atoms with Gasteiger partial charge >= 0.3 is 0 Å². The molecule has 2 N–H and O–H groups in total. The SMILES string of the molecule is CCCNC(=O)CNc1cc(F)cc(Cl)c1. The van der Waals surface area contributed by atoms with Crippen molar-refractivity contribution in [3.8, 4) is 0 Å². The molecule has 16 heavy (non-hydrogen) atoms. The molecule has 0 aliphatic rings. The number of carbonyl (C=O) groups excluding carboxylic acids is 1. The third-order valence-corrected chi connectivity index (χ3v) is 2.11. The van der Waals surface area contributed by atoms with Crippen LogP contribution in [0.2, 0.25) is 5.02 Å². The van der Waals surface area contributed by atoms with E-state index in [0.29, 0.717) is 17.3 Å². The predicted molar refractivity (Wildman–Crippen MR) is 63.2 cm³/mol. The number of rotatable bonds is 5. The molecule has 0 heterocycles. The van der Waals surface area contributed by atoms with Crippen molar-refractivity contribution in [2.75, 3.05) is 18.4 Å². The Kier molecular flexibility index (Phi) is 5.05. The number of nitrogens with one attached hydrogen (secondary N) is 2. The van der Waals surface area contributed by atoms with E-state index in [1.165, 1.54) is 12.1 Å². The zero-order valence-electron chi connectivity index (χ0n) is 9.02. The average Bonchev–Trinajstić information content (AvgIpc) is 2.22. The van der Waals surface area contributed by atoms with Gasteiger partial charge in [0.15, 0.2) is 0 Å². The van der Waals surface area contributed by atoms with E-state index in [4.69, 9.17) is 11.6 Å². The average molecular weight is 245 g/mol. The number of hydrogen-bond acceptors (Lipinski definition) is 2. The lowest BCUT2D eigenvalue weighted by molar-refractivity contribution is -0.119. The fourth-order valence-electron chi connectivity index (χ4n) is 1.17. The van der Waals surface area contributed by atoms with Crippen LogP contribution in [-0.4, -0.2) is 19.0 Å². The van der Waals surface area contributed by atoms with Gasteiger partial charge in [-0.1, -0.05) is 18.5 Å². The van der Waals surface area contributed by atoms with Crippen molar-refractivity contribution in [1.29, 1.82) is 0 Å². The van der Waals surface area contributed by atoms with E-state index in [9.17, 15) is 9.18 Å². The van der Waals surface area contributed by atoms with Gasteiger partial charge in [-0.3, -0.25) is 4.79 Å². The predicted octanol–water partition coefficient (Wildman–Crippen LogP) is 2.42. The first kappa shape index (κ1) is 12.8. The molecule has 0 aliphatic heterocycles. The third-order valence-electron chi connectivity index (χ3n) is 1.89. The lowest BCUT2D eigenvalue weighted by Gasteiger charge is -2.07. The summed E-state index contributed by atoms with van der Waals surface area (Å²) in [5, 5.41) is 5.80. The van der Waals surface area contributed by atoms with Crippen molar-refractivity contribution in [3.05, 3.63) is 29.0 Å². The third kappa shape index (κ3) is 4.49. The molecule has 3 nitrogen and oxygen atoms in total. The van der Waals surface area contributed by atoms with Crippen molar-refractivity contribution in [3.63, 3.8) is 0 Å². The van der Waals surface area contributed by atoms with E-state index in [1.807, 2.05) is 6.92 Å². The maximum atomic E-state index is 12.9. The van der Waals surface area contributed by atoms with Crippen LogP contribution in [0.3, 0.4) is 0 Å². The number of benzene rings is 1. The summed E-state index contributed by atoms with van der Waals surface area (Å²) in [6.45, 7) is 2.73. The molecule has 0 radical (unpaired) electrons. The summed E-state index contributed by atoms with van der Waals surface area (Å²) < 4.78 is 12.9. The highest BCUT2D eigenvalue weighted by Gasteiger charge is 2.02. The molecule has 1 amide bonds. The van der Waals surface area contributed by atoms with E-state index < -0.39 is 5.82 Å². The molecule has 0 bridgehead atoms. The van der Waals surface area contributed by atoms with Gasteiger partial charge in [-0.05, 0) is 24.6 Å². The quantitative estimate of drug-likeness (QED) is 0.835. The van der Waals surface area contributed by atoms with Crippen molar-refractivity contribution in [2.24, 2.45) is 0 Å². The maximum absolute atomic E-state index is 12.9. The van der Waals surface area contributed by atoms with Gasteiger partial charge in [-0.25, -0.2) is 4.39 Å². The second-order valence-electron chi connectivity index (χ2n) is 3.36. The molecule has 0 aromatic heterocycles. The van der Waals surface area contributed by atoms with Crippen LogP contribution >= 0.6 is 11.6 Å². The zero-order chi connectivity index (χ0) is 12.0. The molecule has 1 aromatic carbocycles. The van der Waals surface area contributed by atoms with Gasteiger partial charge in [0.25, 0.3) is 0 Å². The molecule has 5 heteroatoms. The van der Waals surface area contributed by atoms with Crippen LogP contribution in [0.1, 0.15) is 13.3 Å². The highest BCUT2D eigenvalue weighted by molar-refractivity contribution is 6.30. The second-order valence-corrected chi connectivity index (χ2v) is 3.80. The first-order valence-electron chi connectivity index (χ1n) is 5.08. The maximum Gasteiger partial charge on any atom is 0.239 e. The van der Waals surface area contributed by atoms with Gasteiger partial charge in [-0.2, -0.15) is 0 Å². The van der Waals surface area contributed by atoms with E-state index in [2.05, 4.69) is 10.6 Å². The van der Waals surface area contributed by atoms with Crippen LogP contribution < -0.4 is 10.6 Å². The van der Waals surface area contributed by atoms with E-state index in [-0.39, 0.29) is 12.5 Å². The molecular weight excluding hydrogens is 231 g/mol. The normalized spacial score (nSPS) is 9.94. The number of amides is 1. The molecule has 0 saturated carbocycles. The Labute approximate surface area is 99.0 Å². The summed E-state index contributed by atoms with van der Waals surface area (Å²) in [7, 11) is 0. The molecule has 0 fully saturated rings. The van der Waals surface area contributed by atoms with Gasteiger partial charge in [-0.15, -0.1) is 0 Å². The molecule has 0 unspecified atom stereocenters. The van der Waals surface area contributed by atoms with Gasteiger partial charge < -0.3 is 10.6 Å². The van der Waals surface area contributed by atoms with Crippen molar-refractivity contribution < 1.29 is 9.18 Å². The largest absolute Gasteiger partial charge is 0.376 e. The molecule has 1 aromatic rings. The molecule has 88 valence electrons. The summed E-state index contributed by atoms with van der Waals surface area (Å²) in [5.41, 5.74) is 0.497. The van der Waals surface area contributed by atoms with E-state index in [1.54, 1.807) is 6.07 Å². The van der Waals surface area contributed by atoms with Crippen molar-refractivity contribution >= 4 is 23.2 Å². The lowest BCUT2D eigenvalue weighted by Crippen LogP contribution is -2.30. The number of carbonyl (C=O) groups is 1. The molecular formula is C11H14ClFN2O. The first-order valence-corrected chi connectivity index (χ1v) is 5.46. The Hall–Kier alpha value is -1.29. The summed E-state index contributed by atoms with van der Waals surface area (Å²) in [4.78, 5) is 11.2. The molecule has 0 atom stereocenters. The topological polar surface area (TPSA) is 41.1 Å². The number of anilines is 1. The van der Waals surface area contributed by atoms with Crippen LogP contribution in [-0.2, 0) is 4.79 Å². The van der Waals surface area contributed by atoms with Crippen LogP contribution in [0.25, 0.3) is 0 Å². The van der Waals surface area contributed by atoms with Crippen molar-refractivity contribution in [1.82, 2.24) is 5.32 Å². The fraction of sp³-hybridized carbons (Fsp3) is 0.364. The highest BCUT2D eigenvalue weighted by Crippen LogP contribution is 2.17. The van der Waals surface area contributed by atoms with Crippen LogP contribution in [0, 0.1) is 5.82 Å². The first-order chi connectivity index (χ1) is 7.61. The Morgan fingerprint density at radius 3 is 2.81 bits per heavy atom. The summed E-state index contributed by atoms with van der Waals surface area (Å²) in [5.74, 6) is -0.550. The van der Waals surface area contributed by atoms with E-state index in [0.717, 1.165) is 6.42 Å². The summed E-state index contributed by atoms with van der Waals surface area (Å²) >= 11 is 5.67. The Bertz CT molecular complexity index is 351. The van der Waals surface area contributed by atoms with Crippen molar-refractivity contribution in [2.45, 2.75) is 13.3 Å². The lowest BCUT2D eigenvalue weighted by atomic mass is 10.3. The smallest absolute Gasteiger partial charge is 0.239 e. The minimum Gasteiger partial charge on any atom is -0.376 e. The standard InChI is InChI=1S/C11H14ClFN2O/c1-2-3-14-11(16)7-15-10-5-8(12)4-9(13)6-10/h4-6,15H,2-3,7H2,1H3,(H,14,16). The molecule has 0 saturated heterocycles. The minimum atomic E-state index is -0.427. The highest BCUT2D eigenvalue weighted by atomic mass is 35.5. The van der Waals surface area contributed by atoms with Crippen LogP contribution in [0.5, 0.6) is 0 Å². The van der Waals surface area contributed by atoms with Gasteiger partial charge in [0.2, 0.25) is 5.91 Å². The molecule has 0 aliphatic carbocycles. The van der Waals surface area contributed by atoms with Crippen LogP contribution in [0.15, 0.2) is 18.2 Å². The number of halogens is 2. The zero-order valence-corrected chi connectivity index (χ0v) is 9.77. The monoisotopic (exact) mass is 244 g/mol. The second kappa shape index (κ2) is 6.33. The van der Waals surface area contributed by atoms with Gasteiger partial charge in [0.1, 0.15) is 5.82 Å². The van der Waals surface area contributed by atoms with Gasteiger partial charge in [0, 0.05) is 17.3 Å². The Balaban J connectivity index is 2.45. The Morgan fingerprint density at radius 1 is 1.44 bits per heavy atom. The van der Waals surface area contributed by atoms with Crippen LogP contribution in [0.4, 0.5) is 10.1 Å². The number of hydrogen-bond donors (Lipinski definition) is 2. The Morgan fingerprint density at radius 2 is 2.19 bits per heavy atom. The summed E-state index contributed by atoms with van der Waals surface area (Å²) in [6.07, 6.45) is 0.886. The van der Waals surface area contributed by atoms with E-state index >= 15 is 0 Å². The fourth-order valence-corrected chi connectivity index (χ4v) is 1.39. The summed E-state index contributed by atoms with van der Waals surface area (Å²) in [6, 6.07) is 4.07.